The topological polar surface area (TPSA) is 74.7 Å². The van der Waals surface area contributed by atoms with Crippen LogP contribution in [-0.4, -0.2) is 32.3 Å². The molecule has 0 spiro atoms. The van der Waals surface area contributed by atoms with Crippen LogP contribution in [0.5, 0.6) is 0 Å². The van der Waals surface area contributed by atoms with Crippen LogP contribution >= 0.6 is 0 Å². The highest BCUT2D eigenvalue weighted by Gasteiger charge is 2.23. The summed E-state index contributed by atoms with van der Waals surface area (Å²) in [5.41, 5.74) is 0.357. The van der Waals surface area contributed by atoms with Gasteiger partial charge in [-0.05, 0) is 24.6 Å². The van der Waals surface area contributed by atoms with Crippen molar-refractivity contribution in [2.75, 3.05) is 17.1 Å². The molecule has 5 nitrogen and oxygen atoms in total. The zero-order valence-corrected chi connectivity index (χ0v) is 10.2. The first-order valence-electron chi connectivity index (χ1n) is 4.67. The van der Waals surface area contributed by atoms with E-state index in [1.54, 1.807) is 6.92 Å². The molecule has 0 aliphatic heterocycles. The molecule has 0 aliphatic carbocycles. The molecule has 0 aliphatic rings. The van der Waals surface area contributed by atoms with Crippen molar-refractivity contribution in [2.45, 2.75) is 6.92 Å². The molecule has 0 heterocycles. The van der Waals surface area contributed by atoms with E-state index in [0.29, 0.717) is 9.87 Å². The van der Waals surface area contributed by atoms with Crippen molar-refractivity contribution in [3.05, 3.63) is 29.6 Å². The number of benzene rings is 1. The number of carboxylic acids is 1. The molecule has 0 fully saturated rings. The van der Waals surface area contributed by atoms with Gasteiger partial charge in [0, 0.05) is 0 Å². The highest BCUT2D eigenvalue weighted by atomic mass is 32.2. The van der Waals surface area contributed by atoms with Gasteiger partial charge in [-0.25, -0.2) is 12.8 Å². The third-order valence-electron chi connectivity index (χ3n) is 2.05. The van der Waals surface area contributed by atoms with E-state index in [0.717, 1.165) is 12.3 Å². The lowest BCUT2D eigenvalue weighted by Crippen LogP contribution is -2.35. The molecule has 0 bridgehead atoms. The molecule has 1 aromatic carbocycles. The maximum absolute atomic E-state index is 13.6. The smallest absolute Gasteiger partial charge is 0.324 e. The maximum Gasteiger partial charge on any atom is 0.324 e. The highest BCUT2D eigenvalue weighted by molar-refractivity contribution is 7.92. The lowest BCUT2D eigenvalue weighted by atomic mass is 10.2. The fourth-order valence-electron chi connectivity index (χ4n) is 1.32. The number of carbonyl (C=O) groups is 1. The minimum atomic E-state index is -3.84. The van der Waals surface area contributed by atoms with Gasteiger partial charge in [-0.1, -0.05) is 6.07 Å². The summed E-state index contributed by atoms with van der Waals surface area (Å²) < 4.78 is 36.9. The Morgan fingerprint density at radius 3 is 2.47 bits per heavy atom. The Labute approximate surface area is 98.5 Å². The van der Waals surface area contributed by atoms with E-state index >= 15 is 0 Å². The molecule has 0 saturated carbocycles. The largest absolute Gasteiger partial charge is 0.480 e. The summed E-state index contributed by atoms with van der Waals surface area (Å²) in [7, 11) is -3.84. The monoisotopic (exact) mass is 261 g/mol. The lowest BCUT2D eigenvalue weighted by molar-refractivity contribution is -0.135. The first kappa shape index (κ1) is 13.4. The number of aryl methyl sites for hydroxylation is 1. The summed E-state index contributed by atoms with van der Waals surface area (Å²) in [4.78, 5) is 10.6. The third kappa shape index (κ3) is 3.42. The van der Waals surface area contributed by atoms with Gasteiger partial charge in [0.2, 0.25) is 10.0 Å². The molecule has 7 heteroatoms. The Balaban J connectivity index is 3.27. The predicted molar refractivity (Wildman–Crippen MR) is 61.0 cm³/mol. The molecular formula is C10H12FNO4S. The van der Waals surface area contributed by atoms with Gasteiger partial charge in [-0.3, -0.25) is 9.10 Å². The van der Waals surface area contributed by atoms with Gasteiger partial charge in [0.1, 0.15) is 12.4 Å². The second kappa shape index (κ2) is 4.70. The fraction of sp³-hybridized carbons (Fsp3) is 0.300. The van der Waals surface area contributed by atoms with Crippen molar-refractivity contribution < 1.29 is 22.7 Å². The maximum atomic E-state index is 13.6. The molecule has 0 saturated heterocycles. The Morgan fingerprint density at radius 1 is 1.47 bits per heavy atom. The number of aliphatic carboxylic acids is 1. The second-order valence-electron chi connectivity index (χ2n) is 3.62. The van der Waals surface area contributed by atoms with Crippen molar-refractivity contribution in [3.8, 4) is 0 Å². The molecule has 17 heavy (non-hydrogen) atoms. The van der Waals surface area contributed by atoms with Crippen LogP contribution in [0, 0.1) is 12.7 Å². The van der Waals surface area contributed by atoms with Crippen LogP contribution in [0.1, 0.15) is 5.56 Å². The summed E-state index contributed by atoms with van der Waals surface area (Å²) in [6.07, 6.45) is 0.829. The third-order valence-corrected chi connectivity index (χ3v) is 3.18. The molecule has 0 atom stereocenters. The van der Waals surface area contributed by atoms with E-state index in [4.69, 9.17) is 5.11 Å². The van der Waals surface area contributed by atoms with Crippen LogP contribution in [0.4, 0.5) is 10.1 Å². The lowest BCUT2D eigenvalue weighted by Gasteiger charge is -2.20. The number of rotatable bonds is 4. The van der Waals surface area contributed by atoms with Crippen LogP contribution in [-0.2, 0) is 14.8 Å². The number of halogens is 1. The number of anilines is 1. The Hall–Kier alpha value is -1.63. The summed E-state index contributed by atoms with van der Waals surface area (Å²) >= 11 is 0. The average Bonchev–Trinajstić information content (AvgIpc) is 2.13. The molecule has 94 valence electrons. The van der Waals surface area contributed by atoms with Crippen LogP contribution < -0.4 is 4.31 Å². The van der Waals surface area contributed by atoms with Crippen molar-refractivity contribution in [1.82, 2.24) is 0 Å². The fourth-order valence-corrected chi connectivity index (χ4v) is 2.17. The quantitative estimate of drug-likeness (QED) is 0.876. The Bertz CT molecular complexity index is 541. The number of nitrogens with zero attached hydrogens (tertiary/aromatic N) is 1. The van der Waals surface area contributed by atoms with Crippen LogP contribution in [0.3, 0.4) is 0 Å². The molecule has 0 unspecified atom stereocenters. The zero-order valence-electron chi connectivity index (χ0n) is 9.34. The zero-order chi connectivity index (χ0) is 13.2. The van der Waals surface area contributed by atoms with E-state index in [9.17, 15) is 17.6 Å². The second-order valence-corrected chi connectivity index (χ2v) is 5.53. The van der Waals surface area contributed by atoms with E-state index in [1.165, 1.54) is 12.1 Å². The van der Waals surface area contributed by atoms with Crippen LogP contribution in [0.2, 0.25) is 0 Å². The summed E-state index contributed by atoms with van der Waals surface area (Å²) in [6.45, 7) is 0.841. The van der Waals surface area contributed by atoms with Gasteiger partial charge in [-0.15, -0.1) is 0 Å². The average molecular weight is 261 g/mol. The number of sulfonamides is 1. The minimum absolute atomic E-state index is 0.263. The molecule has 0 amide bonds. The van der Waals surface area contributed by atoms with Crippen molar-refractivity contribution in [3.63, 3.8) is 0 Å². The van der Waals surface area contributed by atoms with E-state index in [1.807, 2.05) is 0 Å². The van der Waals surface area contributed by atoms with Gasteiger partial charge < -0.3 is 5.11 Å². The highest BCUT2D eigenvalue weighted by Crippen LogP contribution is 2.22. The SMILES string of the molecule is Cc1ccc(N(CC(=O)O)S(C)(=O)=O)c(F)c1. The predicted octanol–water partition coefficient (Wildman–Crippen LogP) is 0.985. The molecule has 1 aromatic rings. The van der Waals surface area contributed by atoms with Gasteiger partial charge in [0.15, 0.2) is 0 Å². The first-order chi connectivity index (χ1) is 7.71. The molecular weight excluding hydrogens is 249 g/mol. The van der Waals surface area contributed by atoms with E-state index in [2.05, 4.69) is 0 Å². The van der Waals surface area contributed by atoms with E-state index in [-0.39, 0.29) is 5.69 Å². The summed E-state index contributed by atoms with van der Waals surface area (Å²) in [6, 6.07) is 3.91. The molecule has 1 N–H and O–H groups in total. The van der Waals surface area contributed by atoms with Crippen LogP contribution in [0.25, 0.3) is 0 Å². The van der Waals surface area contributed by atoms with Gasteiger partial charge in [0.25, 0.3) is 0 Å². The molecule has 1 rings (SSSR count). The Morgan fingerprint density at radius 2 is 2.06 bits per heavy atom. The van der Waals surface area contributed by atoms with Gasteiger partial charge in [-0.2, -0.15) is 0 Å². The van der Waals surface area contributed by atoms with Gasteiger partial charge in [0.05, 0.1) is 11.9 Å². The molecule has 0 aromatic heterocycles. The summed E-state index contributed by atoms with van der Waals surface area (Å²) in [5, 5.41) is 8.63. The van der Waals surface area contributed by atoms with E-state index < -0.39 is 28.4 Å². The normalized spacial score (nSPS) is 11.2. The standard InChI is InChI=1S/C10H12FNO4S/c1-7-3-4-9(8(11)5-7)12(6-10(13)14)17(2,15)16/h3-5H,6H2,1-2H3,(H,13,14). The number of hydrogen-bond donors (Lipinski definition) is 1. The van der Waals surface area contributed by atoms with Crippen molar-refractivity contribution in [1.29, 1.82) is 0 Å². The first-order valence-corrected chi connectivity index (χ1v) is 6.52. The van der Waals surface area contributed by atoms with Crippen molar-refractivity contribution >= 4 is 21.7 Å². The van der Waals surface area contributed by atoms with Crippen LogP contribution in [0.15, 0.2) is 18.2 Å². The minimum Gasteiger partial charge on any atom is -0.480 e. The molecule has 0 radical (unpaired) electrons. The number of hydrogen-bond acceptors (Lipinski definition) is 3. The number of carboxylic acid groups (broad SMARTS) is 1. The summed E-state index contributed by atoms with van der Waals surface area (Å²) in [5.74, 6) is -2.12. The van der Waals surface area contributed by atoms with Crippen molar-refractivity contribution in [2.24, 2.45) is 0 Å². The van der Waals surface area contributed by atoms with Gasteiger partial charge >= 0.3 is 5.97 Å². The Kier molecular flexibility index (Phi) is 3.72.